The van der Waals surface area contributed by atoms with Gasteiger partial charge in [0, 0.05) is 24.4 Å². The summed E-state index contributed by atoms with van der Waals surface area (Å²) in [6.45, 7) is 6.47. The Hall–Kier alpha value is -3.48. The lowest BCUT2D eigenvalue weighted by molar-refractivity contribution is -0.127. The van der Waals surface area contributed by atoms with Crippen LogP contribution in [0.5, 0.6) is 17.2 Å². The van der Waals surface area contributed by atoms with Crippen LogP contribution in [-0.2, 0) is 9.59 Å². The van der Waals surface area contributed by atoms with E-state index >= 15 is 0 Å². The first-order chi connectivity index (χ1) is 14.8. The Morgan fingerprint density at radius 3 is 2.58 bits per heavy atom. The molecule has 0 saturated carbocycles. The molecule has 2 aromatic rings. The van der Waals surface area contributed by atoms with Crippen LogP contribution in [0.2, 0.25) is 0 Å². The van der Waals surface area contributed by atoms with Gasteiger partial charge >= 0.3 is 0 Å². The molecule has 2 amide bonds. The van der Waals surface area contributed by atoms with E-state index in [0.29, 0.717) is 35.2 Å². The third kappa shape index (κ3) is 4.82. The van der Waals surface area contributed by atoms with Gasteiger partial charge in [-0.2, -0.15) is 0 Å². The molecule has 0 atom stereocenters. The average Bonchev–Trinajstić information content (AvgIpc) is 2.86. The Morgan fingerprint density at radius 2 is 1.90 bits per heavy atom. The number of rotatable bonds is 6. The number of nitrogens with zero attached hydrogens (tertiary/aromatic N) is 1. The van der Waals surface area contributed by atoms with Gasteiger partial charge in [0.25, 0.3) is 0 Å². The minimum absolute atomic E-state index is 0.0170. The fourth-order valence-electron chi connectivity index (χ4n) is 3.35. The second-order valence-corrected chi connectivity index (χ2v) is 7.84. The maximum atomic E-state index is 12.8. The highest BCUT2D eigenvalue weighted by Gasteiger charge is 2.37. The fourth-order valence-corrected chi connectivity index (χ4v) is 3.35. The molecular weight excluding hydrogens is 396 g/mol. The lowest BCUT2D eigenvalue weighted by atomic mass is 9.93. The van der Waals surface area contributed by atoms with Gasteiger partial charge < -0.3 is 24.4 Å². The molecule has 0 saturated heterocycles. The lowest BCUT2D eigenvalue weighted by Gasteiger charge is -2.26. The highest BCUT2D eigenvalue weighted by atomic mass is 16.5. The summed E-state index contributed by atoms with van der Waals surface area (Å²) < 4.78 is 16.4. The molecule has 0 unspecified atom stereocenters. The number of benzene rings is 2. The normalized spacial score (nSPS) is 15.1. The van der Waals surface area contributed by atoms with E-state index in [4.69, 9.17) is 14.2 Å². The van der Waals surface area contributed by atoms with Gasteiger partial charge in [-0.05, 0) is 56.7 Å². The average molecular weight is 424 g/mol. The van der Waals surface area contributed by atoms with Crippen molar-refractivity contribution in [2.75, 3.05) is 37.6 Å². The van der Waals surface area contributed by atoms with Crippen LogP contribution < -0.4 is 24.4 Å². The van der Waals surface area contributed by atoms with Gasteiger partial charge in [0.2, 0.25) is 11.8 Å². The molecule has 7 heteroatoms. The first-order valence-electron chi connectivity index (χ1n) is 10.1. The summed E-state index contributed by atoms with van der Waals surface area (Å²) in [5, 5.41) is 2.83. The number of carbonyl (C=O) groups excluding carboxylic acids is 2. The molecule has 7 nitrogen and oxygen atoms in total. The predicted octanol–water partition coefficient (Wildman–Crippen LogP) is 4.13. The number of nitrogens with one attached hydrogen (secondary N) is 1. The molecule has 0 spiro atoms. The van der Waals surface area contributed by atoms with Crippen LogP contribution >= 0.6 is 0 Å². The van der Waals surface area contributed by atoms with Crippen molar-refractivity contribution in [3.63, 3.8) is 0 Å². The SMILES string of the molecule is CCN1C(=O)C(C)(C)COc2cc(NC(=O)/C=C/c3ccc(OC)c(OC)c3)ccc21. The molecule has 0 fully saturated rings. The monoisotopic (exact) mass is 424 g/mol. The van der Waals surface area contributed by atoms with Crippen LogP contribution in [0.3, 0.4) is 0 Å². The van der Waals surface area contributed by atoms with Crippen LogP contribution in [0.15, 0.2) is 42.5 Å². The van der Waals surface area contributed by atoms with Crippen molar-refractivity contribution >= 4 is 29.3 Å². The number of amides is 2. The van der Waals surface area contributed by atoms with Gasteiger partial charge in [-0.3, -0.25) is 9.59 Å². The van der Waals surface area contributed by atoms with Crippen molar-refractivity contribution in [3.8, 4) is 17.2 Å². The summed E-state index contributed by atoms with van der Waals surface area (Å²) in [5.41, 5.74) is 1.47. The van der Waals surface area contributed by atoms with Gasteiger partial charge in [-0.1, -0.05) is 6.07 Å². The number of methoxy groups -OCH3 is 2. The number of ether oxygens (including phenoxy) is 3. The smallest absolute Gasteiger partial charge is 0.248 e. The Labute approximate surface area is 182 Å². The fraction of sp³-hybridized carbons (Fsp3) is 0.333. The number of hydrogen-bond donors (Lipinski definition) is 1. The first-order valence-corrected chi connectivity index (χ1v) is 10.1. The van der Waals surface area contributed by atoms with E-state index < -0.39 is 5.41 Å². The maximum absolute atomic E-state index is 12.8. The van der Waals surface area contributed by atoms with Gasteiger partial charge in [0.05, 0.1) is 25.3 Å². The summed E-state index contributed by atoms with van der Waals surface area (Å²) in [5.74, 6) is 1.51. The quantitative estimate of drug-likeness (QED) is 0.706. The largest absolute Gasteiger partial charge is 0.493 e. The summed E-state index contributed by atoms with van der Waals surface area (Å²) in [7, 11) is 3.13. The number of anilines is 2. The molecule has 3 rings (SSSR count). The molecule has 1 aliphatic heterocycles. The molecule has 31 heavy (non-hydrogen) atoms. The van der Waals surface area contributed by atoms with Gasteiger partial charge in [-0.25, -0.2) is 0 Å². The second-order valence-electron chi connectivity index (χ2n) is 7.84. The second kappa shape index (κ2) is 9.12. The lowest BCUT2D eigenvalue weighted by Crippen LogP contribution is -2.42. The van der Waals surface area contributed by atoms with Crippen molar-refractivity contribution in [3.05, 3.63) is 48.0 Å². The van der Waals surface area contributed by atoms with Crippen LogP contribution in [0.1, 0.15) is 26.3 Å². The number of fused-ring (bicyclic) bond motifs is 1. The van der Waals surface area contributed by atoms with Crippen LogP contribution in [0.4, 0.5) is 11.4 Å². The standard InChI is InChI=1S/C24H28N2O5/c1-6-26-18-10-9-17(14-20(18)31-15-24(2,3)23(26)28)25-22(27)12-8-16-7-11-19(29-4)21(13-16)30-5/h7-14H,6,15H2,1-5H3,(H,25,27)/b12-8+. The molecule has 0 aromatic heterocycles. The van der Waals surface area contributed by atoms with E-state index in [-0.39, 0.29) is 18.4 Å². The van der Waals surface area contributed by atoms with Crippen LogP contribution in [0.25, 0.3) is 6.08 Å². The highest BCUT2D eigenvalue weighted by Crippen LogP contribution is 2.38. The summed E-state index contributed by atoms with van der Waals surface area (Å²) in [6.07, 6.45) is 3.13. The Morgan fingerprint density at radius 1 is 1.16 bits per heavy atom. The molecule has 0 aliphatic carbocycles. The molecule has 0 radical (unpaired) electrons. The van der Waals surface area contributed by atoms with E-state index in [0.717, 1.165) is 5.56 Å². The molecular formula is C24H28N2O5. The Kier molecular flexibility index (Phi) is 6.53. The third-order valence-corrected chi connectivity index (χ3v) is 5.08. The molecule has 164 valence electrons. The zero-order valence-electron chi connectivity index (χ0n) is 18.5. The van der Waals surface area contributed by atoms with Crippen LogP contribution in [-0.4, -0.2) is 39.2 Å². The third-order valence-electron chi connectivity index (χ3n) is 5.08. The van der Waals surface area contributed by atoms with Crippen LogP contribution in [0, 0.1) is 5.41 Å². The van der Waals surface area contributed by atoms with Crippen molar-refractivity contribution in [1.82, 2.24) is 0 Å². The van der Waals surface area contributed by atoms with Crippen molar-refractivity contribution in [2.45, 2.75) is 20.8 Å². The zero-order chi connectivity index (χ0) is 22.6. The van der Waals surface area contributed by atoms with E-state index in [1.807, 2.05) is 26.8 Å². The number of carbonyl (C=O) groups is 2. The Bertz CT molecular complexity index is 1010. The Balaban J connectivity index is 1.75. The topological polar surface area (TPSA) is 77.1 Å². The summed E-state index contributed by atoms with van der Waals surface area (Å²) in [6, 6.07) is 10.7. The molecule has 1 N–H and O–H groups in total. The van der Waals surface area contributed by atoms with E-state index in [1.165, 1.54) is 6.08 Å². The molecule has 1 heterocycles. The van der Waals surface area contributed by atoms with Gasteiger partial charge in [0.15, 0.2) is 11.5 Å². The minimum atomic E-state index is -0.624. The molecule has 1 aliphatic rings. The molecule has 2 aromatic carbocycles. The minimum Gasteiger partial charge on any atom is -0.493 e. The van der Waals surface area contributed by atoms with E-state index in [2.05, 4.69) is 5.32 Å². The predicted molar refractivity (Wildman–Crippen MR) is 121 cm³/mol. The van der Waals surface area contributed by atoms with Gasteiger partial charge in [-0.15, -0.1) is 0 Å². The summed E-state index contributed by atoms with van der Waals surface area (Å²) >= 11 is 0. The zero-order valence-corrected chi connectivity index (χ0v) is 18.5. The van der Waals surface area contributed by atoms with Gasteiger partial charge in [0.1, 0.15) is 12.4 Å². The number of hydrogen-bond acceptors (Lipinski definition) is 5. The van der Waals surface area contributed by atoms with Crippen molar-refractivity contribution in [2.24, 2.45) is 5.41 Å². The van der Waals surface area contributed by atoms with Crippen molar-refractivity contribution < 1.29 is 23.8 Å². The highest BCUT2D eigenvalue weighted by molar-refractivity contribution is 6.03. The van der Waals surface area contributed by atoms with E-state index in [1.54, 1.807) is 55.5 Å². The summed E-state index contributed by atoms with van der Waals surface area (Å²) in [4.78, 5) is 26.9. The van der Waals surface area contributed by atoms with Crippen molar-refractivity contribution in [1.29, 1.82) is 0 Å². The molecule has 0 bridgehead atoms. The van der Waals surface area contributed by atoms with E-state index in [9.17, 15) is 9.59 Å². The first kappa shape index (κ1) is 22.2. The maximum Gasteiger partial charge on any atom is 0.248 e.